The van der Waals surface area contributed by atoms with E-state index in [1.54, 1.807) is 6.20 Å². The molecule has 0 aliphatic carbocycles. The summed E-state index contributed by atoms with van der Waals surface area (Å²) in [5.74, 6) is -0.216. The molecule has 0 saturated heterocycles. The van der Waals surface area contributed by atoms with Gasteiger partial charge < -0.3 is 11.1 Å². The third kappa shape index (κ3) is 3.38. The maximum absolute atomic E-state index is 11.1. The van der Waals surface area contributed by atoms with Gasteiger partial charge in [-0.3, -0.25) is 4.79 Å². The zero-order valence-electron chi connectivity index (χ0n) is 10.1. The van der Waals surface area contributed by atoms with Crippen molar-refractivity contribution in [3.63, 3.8) is 0 Å². The van der Waals surface area contributed by atoms with Gasteiger partial charge in [-0.05, 0) is 12.5 Å². The second-order valence-electron chi connectivity index (χ2n) is 4.05. The lowest BCUT2D eigenvalue weighted by Gasteiger charge is -1.99. The number of amides is 1. The topological polar surface area (TPSA) is 68.0 Å². The van der Waals surface area contributed by atoms with E-state index in [2.05, 4.69) is 35.4 Å². The summed E-state index contributed by atoms with van der Waals surface area (Å²) in [5.41, 5.74) is 7.72. The first kappa shape index (κ1) is 12.7. The second-order valence-corrected chi connectivity index (χ2v) is 5.17. The van der Waals surface area contributed by atoms with Gasteiger partial charge in [-0.1, -0.05) is 29.8 Å². The predicted molar refractivity (Wildman–Crippen MR) is 73.8 cm³/mol. The van der Waals surface area contributed by atoms with Crippen LogP contribution in [0.25, 0.3) is 0 Å². The Morgan fingerprint density at radius 1 is 1.50 bits per heavy atom. The number of hydrogen-bond donors (Lipinski definition) is 2. The Morgan fingerprint density at radius 2 is 2.33 bits per heavy atom. The Hall–Kier alpha value is -1.72. The van der Waals surface area contributed by atoms with Gasteiger partial charge in [0.25, 0.3) is 0 Å². The molecule has 1 aromatic carbocycles. The van der Waals surface area contributed by atoms with Crippen molar-refractivity contribution in [1.29, 1.82) is 0 Å². The first-order valence-corrected chi connectivity index (χ1v) is 6.49. The Kier molecular flexibility index (Phi) is 4.07. The van der Waals surface area contributed by atoms with Crippen molar-refractivity contribution < 1.29 is 4.79 Å². The fraction of sp³-hybridized carbons (Fsp3) is 0.231. The molecule has 0 radical (unpaired) electrons. The average Bonchev–Trinajstić information content (AvgIpc) is 2.76. The van der Waals surface area contributed by atoms with Crippen molar-refractivity contribution in [3.8, 4) is 0 Å². The average molecular weight is 261 g/mol. The zero-order chi connectivity index (χ0) is 13.0. The molecular weight excluding hydrogens is 246 g/mol. The van der Waals surface area contributed by atoms with E-state index in [0.29, 0.717) is 5.13 Å². The molecule has 0 aliphatic rings. The fourth-order valence-electron chi connectivity index (χ4n) is 1.64. The molecule has 0 fully saturated rings. The van der Waals surface area contributed by atoms with Crippen molar-refractivity contribution in [3.05, 3.63) is 46.5 Å². The summed E-state index contributed by atoms with van der Waals surface area (Å²) >= 11 is 1.48. The normalized spacial score (nSPS) is 10.3. The molecule has 0 unspecified atom stereocenters. The Bertz CT molecular complexity index is 551. The van der Waals surface area contributed by atoms with Crippen molar-refractivity contribution in [1.82, 2.24) is 4.98 Å². The lowest BCUT2D eigenvalue weighted by Crippen LogP contribution is -2.21. The molecule has 4 nitrogen and oxygen atoms in total. The van der Waals surface area contributed by atoms with Crippen LogP contribution in [0.5, 0.6) is 0 Å². The number of nitrogens with two attached hydrogens (primary N) is 1. The van der Waals surface area contributed by atoms with Gasteiger partial charge in [0.2, 0.25) is 5.91 Å². The van der Waals surface area contributed by atoms with Crippen LogP contribution in [0.1, 0.15) is 16.0 Å². The number of thiazole rings is 1. The minimum atomic E-state index is -0.216. The van der Waals surface area contributed by atoms with E-state index in [4.69, 9.17) is 5.73 Å². The molecule has 0 saturated carbocycles. The first-order chi connectivity index (χ1) is 8.67. The van der Waals surface area contributed by atoms with Crippen molar-refractivity contribution in [2.45, 2.75) is 13.3 Å². The van der Waals surface area contributed by atoms with E-state index in [1.165, 1.54) is 22.5 Å². The highest BCUT2D eigenvalue weighted by Crippen LogP contribution is 2.21. The molecule has 0 spiro atoms. The second kappa shape index (κ2) is 5.75. The zero-order valence-corrected chi connectivity index (χ0v) is 11.0. The Balaban J connectivity index is 2.04. The summed E-state index contributed by atoms with van der Waals surface area (Å²) in [4.78, 5) is 16.4. The van der Waals surface area contributed by atoms with Crippen molar-refractivity contribution in [2.75, 3.05) is 11.9 Å². The summed E-state index contributed by atoms with van der Waals surface area (Å²) in [6.45, 7) is 2.05. The third-order valence-electron chi connectivity index (χ3n) is 2.45. The van der Waals surface area contributed by atoms with Gasteiger partial charge in [0.05, 0.1) is 6.54 Å². The van der Waals surface area contributed by atoms with Crippen molar-refractivity contribution >= 4 is 22.4 Å². The molecule has 0 atom stereocenters. The summed E-state index contributed by atoms with van der Waals surface area (Å²) < 4.78 is 0. The molecule has 3 N–H and O–H groups in total. The molecule has 1 aromatic heterocycles. The van der Waals surface area contributed by atoms with Crippen LogP contribution in [0.3, 0.4) is 0 Å². The Morgan fingerprint density at radius 3 is 3.06 bits per heavy atom. The summed E-state index contributed by atoms with van der Waals surface area (Å²) in [7, 11) is 0. The quantitative estimate of drug-likeness (QED) is 0.883. The number of anilines is 1. The molecule has 1 heterocycles. The highest BCUT2D eigenvalue weighted by Gasteiger charge is 2.05. The number of benzene rings is 1. The van der Waals surface area contributed by atoms with Crippen LogP contribution in [0.2, 0.25) is 0 Å². The van der Waals surface area contributed by atoms with Gasteiger partial charge in [0.15, 0.2) is 5.13 Å². The molecular formula is C13H15N3OS. The van der Waals surface area contributed by atoms with E-state index < -0.39 is 0 Å². The Labute approximate surface area is 110 Å². The highest BCUT2D eigenvalue weighted by molar-refractivity contribution is 7.15. The van der Waals surface area contributed by atoms with Crippen LogP contribution in [-0.4, -0.2) is 17.4 Å². The highest BCUT2D eigenvalue weighted by atomic mass is 32.1. The van der Waals surface area contributed by atoms with E-state index in [-0.39, 0.29) is 12.5 Å². The van der Waals surface area contributed by atoms with Crippen LogP contribution in [-0.2, 0) is 11.2 Å². The van der Waals surface area contributed by atoms with Gasteiger partial charge in [-0.25, -0.2) is 4.98 Å². The van der Waals surface area contributed by atoms with Crippen LogP contribution >= 0.6 is 11.3 Å². The van der Waals surface area contributed by atoms with E-state index >= 15 is 0 Å². The number of nitrogens with one attached hydrogen (secondary N) is 1. The molecule has 0 bridgehead atoms. The monoisotopic (exact) mass is 261 g/mol. The molecule has 0 aliphatic heterocycles. The number of nitrogens with zero attached hydrogens (tertiary/aromatic N) is 1. The molecule has 94 valence electrons. The number of aromatic nitrogens is 1. The van der Waals surface area contributed by atoms with Gasteiger partial charge >= 0.3 is 0 Å². The minimum Gasteiger partial charge on any atom is -0.322 e. The van der Waals surface area contributed by atoms with Crippen LogP contribution < -0.4 is 11.1 Å². The summed E-state index contributed by atoms with van der Waals surface area (Å²) in [5, 5.41) is 3.26. The molecule has 2 rings (SSSR count). The number of aryl methyl sites for hydroxylation is 1. The SMILES string of the molecule is Cc1cccc(Cc2cnc(NC(=O)CN)s2)c1. The molecule has 18 heavy (non-hydrogen) atoms. The first-order valence-electron chi connectivity index (χ1n) is 5.67. The van der Waals surface area contributed by atoms with Gasteiger partial charge in [-0.2, -0.15) is 0 Å². The molecule has 5 heteroatoms. The van der Waals surface area contributed by atoms with E-state index in [1.807, 2.05) is 6.07 Å². The number of carbonyl (C=O) groups excluding carboxylic acids is 1. The van der Waals surface area contributed by atoms with Gasteiger partial charge in [0.1, 0.15) is 0 Å². The van der Waals surface area contributed by atoms with Crippen LogP contribution in [0.15, 0.2) is 30.5 Å². The van der Waals surface area contributed by atoms with Crippen LogP contribution in [0.4, 0.5) is 5.13 Å². The minimum absolute atomic E-state index is 0.0210. The third-order valence-corrected chi connectivity index (χ3v) is 3.36. The van der Waals surface area contributed by atoms with Gasteiger partial charge in [-0.15, -0.1) is 11.3 Å². The lowest BCUT2D eigenvalue weighted by atomic mass is 10.1. The standard InChI is InChI=1S/C13H15N3OS/c1-9-3-2-4-10(5-9)6-11-8-15-13(18-11)16-12(17)7-14/h2-5,8H,6-7,14H2,1H3,(H,15,16,17). The van der Waals surface area contributed by atoms with Gasteiger partial charge in [0, 0.05) is 17.5 Å². The number of rotatable bonds is 4. The fourth-order valence-corrected chi connectivity index (χ4v) is 2.50. The molecule has 1 amide bonds. The van der Waals surface area contributed by atoms with Crippen molar-refractivity contribution in [2.24, 2.45) is 5.73 Å². The van der Waals surface area contributed by atoms with E-state index in [9.17, 15) is 4.79 Å². The van der Waals surface area contributed by atoms with E-state index in [0.717, 1.165) is 11.3 Å². The van der Waals surface area contributed by atoms with Crippen LogP contribution in [0, 0.1) is 6.92 Å². The lowest BCUT2D eigenvalue weighted by molar-refractivity contribution is -0.114. The summed E-state index contributed by atoms with van der Waals surface area (Å²) in [6, 6.07) is 8.36. The maximum Gasteiger partial charge on any atom is 0.239 e. The largest absolute Gasteiger partial charge is 0.322 e. The number of carbonyl (C=O) groups is 1. The predicted octanol–water partition coefficient (Wildman–Crippen LogP) is 1.94. The number of hydrogen-bond acceptors (Lipinski definition) is 4. The summed E-state index contributed by atoms with van der Waals surface area (Å²) in [6.07, 6.45) is 2.62. The smallest absolute Gasteiger partial charge is 0.239 e. The molecule has 2 aromatic rings. The maximum atomic E-state index is 11.1.